The fourth-order valence-electron chi connectivity index (χ4n) is 1.57. The Morgan fingerprint density at radius 3 is 2.50 bits per heavy atom. The largest absolute Gasteiger partial charge is 0.497 e. The number of nitrogens with two attached hydrogens (primary N) is 1. The second kappa shape index (κ2) is 5.69. The van der Waals surface area contributed by atoms with Gasteiger partial charge in [0.25, 0.3) is 0 Å². The zero-order valence-electron chi connectivity index (χ0n) is 10.3. The fourth-order valence-corrected chi connectivity index (χ4v) is 2.59. The summed E-state index contributed by atoms with van der Waals surface area (Å²) in [4.78, 5) is 2.07. The van der Waals surface area contributed by atoms with Crippen LogP contribution in [-0.4, -0.2) is 14.2 Å². The van der Waals surface area contributed by atoms with E-state index in [1.807, 2.05) is 42.5 Å². The van der Waals surface area contributed by atoms with Crippen molar-refractivity contribution in [2.24, 2.45) is 0 Å². The third kappa shape index (κ3) is 2.90. The Balaban J connectivity index is 2.32. The van der Waals surface area contributed by atoms with E-state index in [-0.39, 0.29) is 0 Å². The molecule has 2 aromatic carbocycles. The van der Waals surface area contributed by atoms with Crippen molar-refractivity contribution in [3.05, 3.63) is 42.5 Å². The lowest BCUT2D eigenvalue weighted by Crippen LogP contribution is -1.89. The summed E-state index contributed by atoms with van der Waals surface area (Å²) in [6.45, 7) is 0. The first-order chi connectivity index (χ1) is 8.72. The summed E-state index contributed by atoms with van der Waals surface area (Å²) in [7, 11) is 3.31. The predicted octanol–water partition coefficient (Wildman–Crippen LogP) is 3.44. The number of methoxy groups -OCH3 is 2. The molecule has 0 aromatic heterocycles. The van der Waals surface area contributed by atoms with E-state index >= 15 is 0 Å². The molecule has 3 nitrogen and oxygen atoms in total. The average molecular weight is 261 g/mol. The molecule has 2 N–H and O–H groups in total. The highest BCUT2D eigenvalue weighted by molar-refractivity contribution is 7.99. The second-order valence-corrected chi connectivity index (χ2v) is 4.81. The molecule has 94 valence electrons. The van der Waals surface area contributed by atoms with Crippen molar-refractivity contribution >= 4 is 17.4 Å². The number of ether oxygens (including phenoxy) is 2. The Hall–Kier alpha value is -1.81. The van der Waals surface area contributed by atoms with Gasteiger partial charge in [-0.15, -0.1) is 0 Å². The number of rotatable bonds is 4. The summed E-state index contributed by atoms with van der Waals surface area (Å²) in [5.41, 5.74) is 6.52. The minimum absolute atomic E-state index is 0.752. The molecular weight excluding hydrogens is 246 g/mol. The average Bonchev–Trinajstić information content (AvgIpc) is 2.38. The standard InChI is InChI=1S/C14H15NO2S/c1-16-11-6-7-13(17-2)14(9-11)18-12-5-3-4-10(15)8-12/h3-9H,15H2,1-2H3. The van der Waals surface area contributed by atoms with Crippen LogP contribution in [0.2, 0.25) is 0 Å². The maximum atomic E-state index is 5.77. The van der Waals surface area contributed by atoms with Crippen LogP contribution in [-0.2, 0) is 0 Å². The van der Waals surface area contributed by atoms with Gasteiger partial charge in [-0.05, 0) is 36.4 Å². The molecule has 0 aliphatic carbocycles. The number of nitrogen functional groups attached to an aromatic ring is 1. The van der Waals surface area contributed by atoms with Gasteiger partial charge >= 0.3 is 0 Å². The van der Waals surface area contributed by atoms with E-state index in [9.17, 15) is 0 Å². The van der Waals surface area contributed by atoms with Crippen molar-refractivity contribution in [3.8, 4) is 11.5 Å². The zero-order chi connectivity index (χ0) is 13.0. The summed E-state index contributed by atoms with van der Waals surface area (Å²) >= 11 is 1.60. The van der Waals surface area contributed by atoms with Gasteiger partial charge in [-0.1, -0.05) is 17.8 Å². The first-order valence-corrected chi connectivity index (χ1v) is 6.30. The van der Waals surface area contributed by atoms with Gasteiger partial charge in [0.1, 0.15) is 11.5 Å². The van der Waals surface area contributed by atoms with Crippen LogP contribution >= 0.6 is 11.8 Å². The Morgan fingerprint density at radius 1 is 1.00 bits per heavy atom. The third-order valence-electron chi connectivity index (χ3n) is 2.46. The maximum absolute atomic E-state index is 5.77. The molecule has 0 bridgehead atoms. The van der Waals surface area contributed by atoms with Crippen molar-refractivity contribution < 1.29 is 9.47 Å². The van der Waals surface area contributed by atoms with Crippen molar-refractivity contribution in [2.45, 2.75) is 9.79 Å². The smallest absolute Gasteiger partial charge is 0.133 e. The summed E-state index contributed by atoms with van der Waals surface area (Å²) in [5, 5.41) is 0. The molecule has 0 unspecified atom stereocenters. The van der Waals surface area contributed by atoms with Crippen LogP contribution in [0.4, 0.5) is 5.69 Å². The van der Waals surface area contributed by atoms with Gasteiger partial charge < -0.3 is 15.2 Å². The van der Waals surface area contributed by atoms with Crippen LogP contribution in [0, 0.1) is 0 Å². The van der Waals surface area contributed by atoms with Crippen LogP contribution in [0.15, 0.2) is 52.3 Å². The lowest BCUT2D eigenvalue weighted by molar-refractivity contribution is 0.394. The molecule has 0 saturated heterocycles. The van der Waals surface area contributed by atoms with Gasteiger partial charge in [-0.3, -0.25) is 0 Å². The fraction of sp³-hybridized carbons (Fsp3) is 0.143. The molecule has 0 saturated carbocycles. The van der Waals surface area contributed by atoms with E-state index in [0.717, 1.165) is 27.0 Å². The van der Waals surface area contributed by atoms with Gasteiger partial charge in [0, 0.05) is 10.6 Å². The quantitative estimate of drug-likeness (QED) is 0.856. The van der Waals surface area contributed by atoms with Crippen molar-refractivity contribution in [2.75, 3.05) is 20.0 Å². The first-order valence-electron chi connectivity index (χ1n) is 5.48. The number of anilines is 1. The molecule has 0 spiro atoms. The minimum atomic E-state index is 0.752. The first kappa shape index (κ1) is 12.6. The van der Waals surface area contributed by atoms with Crippen LogP contribution in [0.1, 0.15) is 0 Å². The lowest BCUT2D eigenvalue weighted by atomic mass is 10.3. The second-order valence-electron chi connectivity index (χ2n) is 3.69. The number of hydrogen-bond donors (Lipinski definition) is 1. The third-order valence-corrected chi connectivity index (χ3v) is 3.49. The molecule has 0 heterocycles. The van der Waals surface area contributed by atoms with Gasteiger partial charge in [-0.25, -0.2) is 0 Å². The van der Waals surface area contributed by atoms with Gasteiger partial charge in [0.15, 0.2) is 0 Å². The van der Waals surface area contributed by atoms with Gasteiger partial charge in [0.2, 0.25) is 0 Å². The molecule has 2 aromatic rings. The molecule has 0 fully saturated rings. The van der Waals surface area contributed by atoms with Crippen LogP contribution in [0.5, 0.6) is 11.5 Å². The lowest BCUT2D eigenvalue weighted by Gasteiger charge is -2.10. The predicted molar refractivity (Wildman–Crippen MR) is 74.5 cm³/mol. The van der Waals surface area contributed by atoms with Crippen LogP contribution < -0.4 is 15.2 Å². The Kier molecular flexibility index (Phi) is 3.99. The highest BCUT2D eigenvalue weighted by Gasteiger charge is 2.07. The maximum Gasteiger partial charge on any atom is 0.133 e. The zero-order valence-corrected chi connectivity index (χ0v) is 11.2. The van der Waals surface area contributed by atoms with Crippen LogP contribution in [0.25, 0.3) is 0 Å². The molecule has 0 aliphatic heterocycles. The highest BCUT2D eigenvalue weighted by Crippen LogP contribution is 2.37. The summed E-state index contributed by atoms with van der Waals surface area (Å²) in [5.74, 6) is 1.63. The SMILES string of the molecule is COc1ccc(OC)c(Sc2cccc(N)c2)c1. The number of hydrogen-bond acceptors (Lipinski definition) is 4. The normalized spacial score (nSPS) is 10.1. The van der Waals surface area contributed by atoms with E-state index in [0.29, 0.717) is 0 Å². The molecule has 18 heavy (non-hydrogen) atoms. The molecule has 0 radical (unpaired) electrons. The summed E-state index contributed by atoms with van der Waals surface area (Å²) < 4.78 is 10.6. The van der Waals surface area contributed by atoms with E-state index in [2.05, 4.69) is 0 Å². The monoisotopic (exact) mass is 261 g/mol. The Bertz CT molecular complexity index is 543. The molecule has 0 atom stereocenters. The molecular formula is C14H15NO2S. The van der Waals surface area contributed by atoms with Gasteiger partial charge in [-0.2, -0.15) is 0 Å². The topological polar surface area (TPSA) is 44.5 Å². The summed E-state index contributed by atoms with van der Waals surface area (Å²) in [6, 6.07) is 13.5. The Labute approximate surface area is 111 Å². The van der Waals surface area contributed by atoms with Crippen molar-refractivity contribution in [1.82, 2.24) is 0 Å². The Morgan fingerprint density at radius 2 is 1.83 bits per heavy atom. The number of benzene rings is 2. The van der Waals surface area contributed by atoms with E-state index in [1.54, 1.807) is 26.0 Å². The van der Waals surface area contributed by atoms with Gasteiger partial charge in [0.05, 0.1) is 19.1 Å². The van der Waals surface area contributed by atoms with E-state index < -0.39 is 0 Å². The van der Waals surface area contributed by atoms with E-state index in [1.165, 1.54) is 0 Å². The van der Waals surface area contributed by atoms with Crippen molar-refractivity contribution in [1.29, 1.82) is 0 Å². The highest BCUT2D eigenvalue weighted by atomic mass is 32.2. The van der Waals surface area contributed by atoms with Crippen LogP contribution in [0.3, 0.4) is 0 Å². The molecule has 2 rings (SSSR count). The molecule has 0 amide bonds. The minimum Gasteiger partial charge on any atom is -0.497 e. The summed E-state index contributed by atoms with van der Waals surface area (Å²) in [6.07, 6.45) is 0. The molecule has 4 heteroatoms. The van der Waals surface area contributed by atoms with Crippen molar-refractivity contribution in [3.63, 3.8) is 0 Å². The van der Waals surface area contributed by atoms with E-state index in [4.69, 9.17) is 15.2 Å². The molecule has 0 aliphatic rings.